The van der Waals surface area contributed by atoms with Gasteiger partial charge < -0.3 is 39.3 Å². The van der Waals surface area contributed by atoms with Crippen molar-refractivity contribution in [1.29, 1.82) is 0 Å². The predicted molar refractivity (Wildman–Crippen MR) is 166 cm³/mol. The molecule has 2 fully saturated rings. The average Bonchev–Trinajstić information content (AvgIpc) is 2.97. The van der Waals surface area contributed by atoms with Crippen molar-refractivity contribution in [3.63, 3.8) is 0 Å². The zero-order chi connectivity index (χ0) is 32.6. The summed E-state index contributed by atoms with van der Waals surface area (Å²) in [5, 5.41) is 30.4. The molecule has 0 aromatic carbocycles. The van der Waals surface area contributed by atoms with Crippen molar-refractivity contribution in [2.45, 2.75) is 129 Å². The van der Waals surface area contributed by atoms with Crippen molar-refractivity contribution < 1.29 is 38.8 Å². The molecule has 13 atom stereocenters. The van der Waals surface area contributed by atoms with Crippen LogP contribution in [-0.4, -0.2) is 109 Å². The minimum absolute atomic E-state index is 0.0242. The maximum absolute atomic E-state index is 13.4. The summed E-state index contributed by atoms with van der Waals surface area (Å²) in [6, 6.07) is -0.314. The Morgan fingerprint density at radius 2 is 1.81 bits per heavy atom. The van der Waals surface area contributed by atoms with Crippen LogP contribution in [-0.2, 0) is 28.6 Å². The van der Waals surface area contributed by atoms with Crippen molar-refractivity contribution >= 4 is 11.7 Å². The van der Waals surface area contributed by atoms with Gasteiger partial charge in [-0.25, -0.2) is 0 Å². The fourth-order valence-corrected chi connectivity index (χ4v) is 6.74. The van der Waals surface area contributed by atoms with E-state index in [4.69, 9.17) is 23.8 Å². The summed E-state index contributed by atoms with van der Waals surface area (Å²) in [7, 11) is 5.40. The highest BCUT2D eigenvalue weighted by Crippen LogP contribution is 2.38. The summed E-state index contributed by atoms with van der Waals surface area (Å²) >= 11 is 0. The third kappa shape index (κ3) is 9.22. The van der Waals surface area contributed by atoms with Crippen LogP contribution in [0.1, 0.15) is 74.7 Å². The predicted octanol–water partition coefficient (Wildman–Crippen LogP) is 3.33. The number of oxime groups is 1. The number of cyclic esters (lactones) is 1. The zero-order valence-electron chi connectivity index (χ0n) is 28.3. The first kappa shape index (κ1) is 37.6. The van der Waals surface area contributed by atoms with E-state index in [1.165, 1.54) is 6.26 Å². The number of hydrogen-bond donors (Lipinski definition) is 3. The minimum Gasteiger partial charge on any atom is -0.460 e. The van der Waals surface area contributed by atoms with Gasteiger partial charge in [0.2, 0.25) is 0 Å². The molecule has 2 heterocycles. The Balaban J connectivity index is 2.65. The molecule has 4 unspecified atom stereocenters. The summed E-state index contributed by atoms with van der Waals surface area (Å²) < 4.78 is 24.9. The maximum atomic E-state index is 13.4. The highest BCUT2D eigenvalue weighted by molar-refractivity contribution is 5.88. The molecule has 0 radical (unpaired) electrons. The van der Waals surface area contributed by atoms with Gasteiger partial charge in [-0.1, -0.05) is 39.4 Å². The van der Waals surface area contributed by atoms with Crippen molar-refractivity contribution in [1.82, 2.24) is 10.2 Å². The lowest BCUT2D eigenvalue weighted by Crippen LogP contribution is -2.59. The molecule has 2 aliphatic heterocycles. The molecule has 11 heteroatoms. The molecule has 2 aliphatic rings. The second-order valence-corrected chi connectivity index (χ2v) is 13.0. The monoisotopic (exact) mass is 613 g/mol. The molecule has 2 rings (SSSR count). The maximum Gasteiger partial charge on any atom is 0.311 e. The van der Waals surface area contributed by atoms with E-state index in [0.29, 0.717) is 25.8 Å². The smallest absolute Gasteiger partial charge is 0.311 e. The van der Waals surface area contributed by atoms with E-state index in [9.17, 15) is 15.0 Å². The number of carbonyl (C=O) groups is 1. The van der Waals surface area contributed by atoms with Crippen LogP contribution in [0.25, 0.3) is 0 Å². The molecule has 0 amide bonds. The molecule has 0 spiro atoms. The van der Waals surface area contributed by atoms with E-state index in [1.54, 1.807) is 21.1 Å². The number of likely N-dealkylation sites (N-methyl/N-ethyl adjacent to an activating group) is 2. The summed E-state index contributed by atoms with van der Waals surface area (Å²) in [6.45, 7) is 19.8. The van der Waals surface area contributed by atoms with E-state index in [2.05, 4.69) is 35.8 Å². The van der Waals surface area contributed by atoms with E-state index in [-0.39, 0.29) is 36.1 Å². The number of nitrogens with one attached hydrogen (secondary N) is 1. The summed E-state index contributed by atoms with van der Waals surface area (Å²) in [5.41, 5.74) is -0.178. The van der Waals surface area contributed by atoms with Crippen LogP contribution in [0, 0.1) is 23.7 Å². The van der Waals surface area contributed by atoms with Crippen LogP contribution >= 0.6 is 0 Å². The second kappa shape index (κ2) is 16.6. The largest absolute Gasteiger partial charge is 0.460 e. The quantitative estimate of drug-likeness (QED) is 0.223. The molecule has 3 N–H and O–H groups in total. The first-order valence-electron chi connectivity index (χ1n) is 15.8. The van der Waals surface area contributed by atoms with E-state index >= 15 is 0 Å². The van der Waals surface area contributed by atoms with Gasteiger partial charge in [-0.15, -0.1) is 0 Å². The minimum atomic E-state index is -1.13. The normalized spacial score (nSPS) is 43.8. The Hall–Kier alpha value is -1.60. The van der Waals surface area contributed by atoms with Gasteiger partial charge in [0.05, 0.1) is 35.5 Å². The number of rotatable bonds is 7. The second-order valence-electron chi connectivity index (χ2n) is 13.0. The highest BCUT2D eigenvalue weighted by atomic mass is 16.7. The van der Waals surface area contributed by atoms with E-state index < -0.39 is 48.0 Å². The highest BCUT2D eigenvalue weighted by Gasteiger charge is 2.49. The van der Waals surface area contributed by atoms with Crippen LogP contribution in [0.3, 0.4) is 0 Å². The van der Waals surface area contributed by atoms with Crippen LogP contribution < -0.4 is 5.32 Å². The molecule has 250 valence electrons. The van der Waals surface area contributed by atoms with Crippen LogP contribution in [0.2, 0.25) is 0 Å². The number of esters is 1. The molecule has 2 saturated heterocycles. The third-order valence-corrected chi connectivity index (χ3v) is 9.68. The van der Waals surface area contributed by atoms with Gasteiger partial charge in [-0.05, 0) is 61.1 Å². The Morgan fingerprint density at radius 3 is 2.37 bits per heavy atom. The van der Waals surface area contributed by atoms with Crippen molar-refractivity contribution in [3.8, 4) is 0 Å². The van der Waals surface area contributed by atoms with Gasteiger partial charge in [0.15, 0.2) is 6.29 Å². The van der Waals surface area contributed by atoms with E-state index in [1.807, 2.05) is 41.7 Å². The van der Waals surface area contributed by atoms with Crippen LogP contribution in [0.4, 0.5) is 0 Å². The Kier molecular flexibility index (Phi) is 14.5. The standard InChI is InChI=1S/C32H59N3O8/c1-13-25-23(8)35(11)17-19(4)26(34-40-14-2)18(3)16-32(9,39-12)29(21(6)27(36)22(7)30(38)42-25)43-31-28(37)24(33-10)15-20(5)41-31/h14,18-25,27-29,31,33,36-37H,2,13,15-17H2,1,3-12H3/b34-26+/t18-,19?,20-,21+,22-,23?,24+,25?,27?,28-,29-,31+,32+/m1/s1. The molecule has 0 saturated carbocycles. The third-order valence-electron chi connectivity index (χ3n) is 9.68. The molecule has 0 aliphatic carbocycles. The number of hydrogen-bond acceptors (Lipinski definition) is 11. The number of nitrogens with zero attached hydrogens (tertiary/aromatic N) is 2. The summed E-state index contributed by atoms with van der Waals surface area (Å²) in [5.74, 6) is -2.09. The van der Waals surface area contributed by atoms with Crippen molar-refractivity contribution in [3.05, 3.63) is 12.8 Å². The van der Waals surface area contributed by atoms with Gasteiger partial charge in [0.1, 0.15) is 18.5 Å². The zero-order valence-corrected chi connectivity index (χ0v) is 28.3. The van der Waals surface area contributed by atoms with Crippen LogP contribution in [0.5, 0.6) is 0 Å². The Bertz CT molecular complexity index is 921. The fourth-order valence-electron chi connectivity index (χ4n) is 6.74. The number of carbonyl (C=O) groups excluding carboxylic acids is 1. The number of aliphatic hydroxyl groups excluding tert-OH is 2. The van der Waals surface area contributed by atoms with E-state index in [0.717, 1.165) is 5.71 Å². The summed E-state index contributed by atoms with van der Waals surface area (Å²) in [6.07, 6.45) is -1.43. The number of aliphatic hydroxyl groups is 2. The van der Waals surface area contributed by atoms with Gasteiger partial charge >= 0.3 is 5.97 Å². The van der Waals surface area contributed by atoms with Crippen LogP contribution in [0.15, 0.2) is 18.0 Å². The molecule has 11 nitrogen and oxygen atoms in total. The lowest BCUT2D eigenvalue weighted by Gasteiger charge is -2.47. The van der Waals surface area contributed by atoms with Gasteiger partial charge in [-0.3, -0.25) is 9.69 Å². The molecule has 43 heavy (non-hydrogen) atoms. The first-order valence-corrected chi connectivity index (χ1v) is 15.8. The molecular formula is C32H59N3O8. The van der Waals surface area contributed by atoms with Crippen molar-refractivity contribution in [2.75, 3.05) is 27.7 Å². The van der Waals surface area contributed by atoms with Gasteiger partial charge in [-0.2, -0.15) is 0 Å². The van der Waals surface area contributed by atoms with Crippen molar-refractivity contribution in [2.24, 2.45) is 28.8 Å². The van der Waals surface area contributed by atoms with Gasteiger partial charge in [0, 0.05) is 43.5 Å². The molecule has 0 bridgehead atoms. The fraction of sp³-hybridized carbons (Fsp3) is 0.875. The lowest BCUT2D eigenvalue weighted by atomic mass is 9.76. The number of ether oxygens (including phenoxy) is 4. The lowest BCUT2D eigenvalue weighted by molar-refractivity contribution is -0.296. The first-order chi connectivity index (χ1) is 20.1. The van der Waals surface area contributed by atoms with Gasteiger partial charge in [0.25, 0.3) is 0 Å². The number of methoxy groups -OCH3 is 1. The SMILES string of the molecule is C=CO/N=C1/C(C)CN(C)C(C)C(CC)OC(=O)[C@H](C)C(O)[C@H](C)[C@@H](O[C@@H]2O[C@H](C)C[C@H](NC)[C@H]2O)[C@@](C)(OC)C[C@H]1C. The Morgan fingerprint density at radius 1 is 1.16 bits per heavy atom. The topological polar surface area (TPSA) is 131 Å². The summed E-state index contributed by atoms with van der Waals surface area (Å²) in [4.78, 5) is 21.0. The Labute approximate surface area is 259 Å². The molecule has 0 aromatic heterocycles. The average molecular weight is 614 g/mol. The molecule has 0 aromatic rings. The molecular weight excluding hydrogens is 554 g/mol.